The highest BCUT2D eigenvalue weighted by molar-refractivity contribution is 4.99. The van der Waals surface area contributed by atoms with E-state index in [1.165, 1.54) is 25.0 Å². The fraction of sp³-hybridized carbons (Fsp3) is 0.714. The molecule has 1 N–H and O–H groups in total. The second-order valence-electron chi connectivity index (χ2n) is 3.37. The van der Waals surface area contributed by atoms with Crippen LogP contribution in [0, 0.1) is 5.92 Å². The third-order valence-electron chi connectivity index (χ3n) is 2.31. The summed E-state index contributed by atoms with van der Waals surface area (Å²) in [5.41, 5.74) is 1.20. The van der Waals surface area contributed by atoms with Gasteiger partial charge in [-0.25, -0.2) is 0 Å². The van der Waals surface area contributed by atoms with Crippen molar-refractivity contribution in [1.29, 1.82) is 0 Å². The van der Waals surface area contributed by atoms with Gasteiger partial charge in [0, 0.05) is 12.2 Å². The van der Waals surface area contributed by atoms with Gasteiger partial charge in [-0.3, -0.25) is 0 Å². The first-order valence-corrected chi connectivity index (χ1v) is 6.30. The van der Waals surface area contributed by atoms with Crippen molar-refractivity contribution in [2.24, 2.45) is 5.92 Å². The molecule has 1 atom stereocenters. The molecule has 0 aromatic rings. The molecule has 0 aromatic heterocycles. The van der Waals surface area contributed by atoms with Crippen LogP contribution in [0.15, 0.2) is 24.4 Å². The molecule has 0 spiro atoms. The summed E-state index contributed by atoms with van der Waals surface area (Å²) in [6.07, 6.45) is 7.85. The van der Waals surface area contributed by atoms with E-state index >= 15 is 0 Å². The first kappa shape index (κ1) is 16.7. The normalized spacial score (nSPS) is 11.8. The van der Waals surface area contributed by atoms with Crippen LogP contribution in [0.5, 0.6) is 0 Å². The molecule has 0 aliphatic carbocycles. The predicted octanol–water partition coefficient (Wildman–Crippen LogP) is 4.52. The molecule has 1 unspecified atom stereocenters. The van der Waals surface area contributed by atoms with Crippen molar-refractivity contribution in [2.45, 2.75) is 53.9 Å². The molecule has 0 rings (SSSR count). The van der Waals surface area contributed by atoms with Gasteiger partial charge in [-0.15, -0.1) is 0 Å². The third kappa shape index (κ3) is 9.58. The van der Waals surface area contributed by atoms with E-state index in [2.05, 4.69) is 37.9 Å². The lowest BCUT2D eigenvalue weighted by Gasteiger charge is -2.17. The van der Waals surface area contributed by atoms with E-state index in [9.17, 15) is 0 Å². The Morgan fingerprint density at radius 1 is 1.33 bits per heavy atom. The van der Waals surface area contributed by atoms with Crippen LogP contribution in [0.1, 0.15) is 53.9 Å². The number of rotatable bonds is 7. The number of hydrogen-bond donors (Lipinski definition) is 1. The highest BCUT2D eigenvalue weighted by Gasteiger charge is 2.07. The van der Waals surface area contributed by atoms with Crippen molar-refractivity contribution < 1.29 is 0 Å². The fourth-order valence-corrected chi connectivity index (χ4v) is 1.43. The lowest BCUT2D eigenvalue weighted by Crippen LogP contribution is -2.19. The van der Waals surface area contributed by atoms with E-state index in [0.29, 0.717) is 5.92 Å². The second-order valence-corrected chi connectivity index (χ2v) is 3.37. The van der Waals surface area contributed by atoms with Gasteiger partial charge in [0.2, 0.25) is 0 Å². The Morgan fingerprint density at radius 2 is 1.93 bits per heavy atom. The van der Waals surface area contributed by atoms with Crippen LogP contribution in [0.25, 0.3) is 0 Å². The third-order valence-corrected chi connectivity index (χ3v) is 2.31. The zero-order valence-corrected chi connectivity index (χ0v) is 11.3. The maximum Gasteiger partial charge on any atom is 0.0327 e. The van der Waals surface area contributed by atoms with Gasteiger partial charge in [0.15, 0.2) is 0 Å². The van der Waals surface area contributed by atoms with Crippen LogP contribution in [0.4, 0.5) is 0 Å². The summed E-state index contributed by atoms with van der Waals surface area (Å²) in [4.78, 5) is 0. The van der Waals surface area contributed by atoms with Gasteiger partial charge in [-0.1, -0.05) is 52.8 Å². The van der Waals surface area contributed by atoms with E-state index in [-0.39, 0.29) is 0 Å². The Bertz CT molecular complexity index is 159. The van der Waals surface area contributed by atoms with Gasteiger partial charge in [-0.2, -0.15) is 0 Å². The largest absolute Gasteiger partial charge is 0.385 e. The summed E-state index contributed by atoms with van der Waals surface area (Å²) in [5.74, 6) is 0.648. The minimum absolute atomic E-state index is 0.648. The van der Waals surface area contributed by atoms with Crippen LogP contribution in [-0.2, 0) is 0 Å². The molecule has 1 heteroatoms. The SMILES string of the molecule is C=C(NC/C=C/C)C(CC)CCC.CC. The lowest BCUT2D eigenvalue weighted by molar-refractivity contribution is 0.506. The zero-order valence-electron chi connectivity index (χ0n) is 11.3. The van der Waals surface area contributed by atoms with E-state index in [1.807, 2.05) is 20.8 Å². The Labute approximate surface area is 96.7 Å². The van der Waals surface area contributed by atoms with Gasteiger partial charge in [0.25, 0.3) is 0 Å². The average Bonchev–Trinajstić information content (AvgIpc) is 2.28. The summed E-state index contributed by atoms with van der Waals surface area (Å²) in [6.45, 7) is 15.5. The molecule has 0 heterocycles. The van der Waals surface area contributed by atoms with Crippen molar-refractivity contribution in [3.8, 4) is 0 Å². The molecule has 0 bridgehead atoms. The molecule has 90 valence electrons. The van der Waals surface area contributed by atoms with Gasteiger partial charge >= 0.3 is 0 Å². The first-order chi connectivity index (χ1) is 7.26. The van der Waals surface area contributed by atoms with Crippen molar-refractivity contribution in [3.05, 3.63) is 24.4 Å². The lowest BCUT2D eigenvalue weighted by atomic mass is 9.98. The van der Waals surface area contributed by atoms with E-state index in [1.54, 1.807) is 0 Å². The van der Waals surface area contributed by atoms with E-state index in [0.717, 1.165) is 6.54 Å². The Balaban J connectivity index is 0. The van der Waals surface area contributed by atoms with E-state index in [4.69, 9.17) is 0 Å². The van der Waals surface area contributed by atoms with Crippen LogP contribution < -0.4 is 5.32 Å². The maximum atomic E-state index is 4.07. The van der Waals surface area contributed by atoms with E-state index < -0.39 is 0 Å². The van der Waals surface area contributed by atoms with Crippen LogP contribution in [-0.4, -0.2) is 6.54 Å². The average molecular weight is 211 g/mol. The monoisotopic (exact) mass is 211 g/mol. The van der Waals surface area contributed by atoms with Gasteiger partial charge in [0.05, 0.1) is 0 Å². The molecule has 0 radical (unpaired) electrons. The fourth-order valence-electron chi connectivity index (χ4n) is 1.43. The molecule has 0 saturated carbocycles. The summed E-state index contributed by atoms with van der Waals surface area (Å²) >= 11 is 0. The van der Waals surface area contributed by atoms with Crippen molar-refractivity contribution in [2.75, 3.05) is 6.54 Å². The zero-order chi connectivity index (χ0) is 12.1. The van der Waals surface area contributed by atoms with Crippen molar-refractivity contribution in [3.63, 3.8) is 0 Å². The quantitative estimate of drug-likeness (QED) is 0.611. The Kier molecular flexibility index (Phi) is 14.8. The standard InChI is InChI=1S/C12H23N.C2H6/c1-5-8-10-13-11(4)12(7-3)9-6-2;1-2/h5,8,12-13H,4,6-7,9-10H2,1-3H3;1-2H3/b8-5+;. The van der Waals surface area contributed by atoms with Crippen LogP contribution >= 0.6 is 0 Å². The minimum Gasteiger partial charge on any atom is -0.385 e. The molecule has 1 nitrogen and oxygen atoms in total. The van der Waals surface area contributed by atoms with Gasteiger partial charge in [0.1, 0.15) is 0 Å². The van der Waals surface area contributed by atoms with Crippen LogP contribution in [0.2, 0.25) is 0 Å². The molecular formula is C14H29N. The Hall–Kier alpha value is -0.720. The number of nitrogens with one attached hydrogen (secondary N) is 1. The summed E-state index contributed by atoms with van der Waals surface area (Å²) in [7, 11) is 0. The highest BCUT2D eigenvalue weighted by atomic mass is 14.9. The van der Waals surface area contributed by atoms with Crippen molar-refractivity contribution in [1.82, 2.24) is 5.32 Å². The molecular weight excluding hydrogens is 182 g/mol. The highest BCUT2D eigenvalue weighted by Crippen LogP contribution is 2.16. The molecule has 0 aliphatic rings. The maximum absolute atomic E-state index is 4.07. The minimum atomic E-state index is 0.648. The molecule has 0 aliphatic heterocycles. The number of hydrogen-bond acceptors (Lipinski definition) is 1. The predicted molar refractivity (Wildman–Crippen MR) is 72.0 cm³/mol. The van der Waals surface area contributed by atoms with Crippen molar-refractivity contribution >= 4 is 0 Å². The second kappa shape index (κ2) is 13.3. The molecule has 0 fully saturated rings. The molecule has 0 amide bonds. The van der Waals surface area contributed by atoms with Gasteiger partial charge in [-0.05, 0) is 25.7 Å². The molecule has 0 saturated heterocycles. The molecule has 15 heavy (non-hydrogen) atoms. The number of allylic oxidation sites excluding steroid dienone is 2. The van der Waals surface area contributed by atoms with Gasteiger partial charge < -0.3 is 5.32 Å². The summed E-state index contributed by atoms with van der Waals surface area (Å²) in [6, 6.07) is 0. The first-order valence-electron chi connectivity index (χ1n) is 6.30. The Morgan fingerprint density at radius 3 is 2.33 bits per heavy atom. The topological polar surface area (TPSA) is 12.0 Å². The smallest absolute Gasteiger partial charge is 0.0327 e. The summed E-state index contributed by atoms with van der Waals surface area (Å²) in [5, 5.41) is 3.34. The van der Waals surface area contributed by atoms with Crippen LogP contribution in [0.3, 0.4) is 0 Å². The summed E-state index contributed by atoms with van der Waals surface area (Å²) < 4.78 is 0. The molecule has 0 aromatic carbocycles.